The van der Waals surface area contributed by atoms with E-state index in [0.29, 0.717) is 13.3 Å². The third-order valence-electron chi connectivity index (χ3n) is 0. The first-order valence-corrected chi connectivity index (χ1v) is 12.9. The predicted molar refractivity (Wildman–Crippen MR) is 28.0 cm³/mol. The van der Waals surface area contributed by atoms with E-state index in [1.165, 1.54) is 0 Å². The minimum Gasteiger partial charge on any atom is 1.00 e. The first-order valence-electron chi connectivity index (χ1n) is 0.286. The maximum Gasteiger partial charge on any atom is 1.00 e. The minimum atomic E-state index is 0. The van der Waals surface area contributed by atoms with E-state index < -0.39 is 0 Å². The van der Waals surface area contributed by atoms with Gasteiger partial charge in [-0.05, 0) is 0 Å². The molecule has 0 heterocycles. The molecule has 0 aliphatic carbocycles. The zero-order chi connectivity index (χ0) is 2.71. The van der Waals surface area contributed by atoms with Gasteiger partial charge in [-0.25, -0.2) is 0 Å². The van der Waals surface area contributed by atoms with Crippen LogP contribution in [0.15, 0.2) is 0 Å². The van der Waals surface area contributed by atoms with E-state index in [1.54, 1.807) is 0 Å². The molecule has 4 heavy (non-hydrogen) atoms. The van der Waals surface area contributed by atoms with Crippen LogP contribution in [0, 0.1) is 0 Å². The van der Waals surface area contributed by atoms with E-state index in [2.05, 4.69) is 37.2 Å². The van der Waals surface area contributed by atoms with Crippen LogP contribution in [0.5, 0.6) is 0 Å². The van der Waals surface area contributed by atoms with Crippen LogP contribution in [0.2, 0.25) is 0 Å². The summed E-state index contributed by atoms with van der Waals surface area (Å²) in [5, 5.41) is 0. The normalized spacial score (nSPS) is 5.50. The second-order valence-electron chi connectivity index (χ2n) is 0.0540. The largest absolute Gasteiger partial charge is 1.00 e. The predicted octanol–water partition coefficient (Wildman–Crippen LogP) is -4.22. The summed E-state index contributed by atoms with van der Waals surface area (Å²) in [5.41, 5.74) is 0. The molecule has 4 heteroatoms. The van der Waals surface area contributed by atoms with Crippen molar-refractivity contribution in [2.75, 3.05) is 0 Å². The van der Waals surface area contributed by atoms with Gasteiger partial charge in [-0.15, -0.1) is 0 Å². The van der Waals surface area contributed by atoms with Crippen molar-refractivity contribution in [3.05, 3.63) is 0 Å². The number of hydrogen-bond acceptors (Lipinski definition) is 0. The van der Waals surface area contributed by atoms with Gasteiger partial charge in [0.25, 0.3) is 0 Å². The van der Waals surface area contributed by atoms with E-state index in [9.17, 15) is 0 Å². The summed E-state index contributed by atoms with van der Waals surface area (Å²) in [6.45, 7) is 0. The van der Waals surface area contributed by atoms with Gasteiger partial charge in [0.1, 0.15) is 0 Å². The van der Waals surface area contributed by atoms with E-state index in [4.69, 9.17) is 0 Å². The monoisotopic (exact) mass is 466 g/mol. The van der Waals surface area contributed by atoms with Crippen LogP contribution in [0.25, 0.3) is 0 Å². The van der Waals surface area contributed by atoms with Crippen LogP contribution >= 0.6 is 37.2 Å². The quantitative estimate of drug-likeness (QED) is 0.318. The third-order valence-corrected chi connectivity index (χ3v) is 0. The van der Waals surface area contributed by atoms with Crippen molar-refractivity contribution in [2.45, 2.75) is 0 Å². The first kappa shape index (κ1) is 10.9. The van der Waals surface area contributed by atoms with Crippen LogP contribution in [-0.4, -0.2) is 0 Å². The third kappa shape index (κ3) is 9.37. The average molecular weight is 466 g/mol. The Morgan fingerprint density at radius 3 is 1.25 bits per heavy atom. The summed E-state index contributed by atoms with van der Waals surface area (Å²) >= 11 is 5.30. The van der Waals surface area contributed by atoms with Crippen molar-refractivity contribution in [3.8, 4) is 0 Å². The van der Waals surface area contributed by atoms with Crippen molar-refractivity contribution in [2.24, 2.45) is 0 Å². The molecule has 0 spiro atoms. The van der Waals surface area contributed by atoms with Crippen molar-refractivity contribution >= 4 is 37.2 Å². The van der Waals surface area contributed by atoms with Gasteiger partial charge < -0.3 is 0 Å². The van der Waals surface area contributed by atoms with Crippen LogP contribution in [0.3, 0.4) is 0 Å². The SMILES string of the molecule is I[I-]I.[Rb+]. The molecule has 0 atom stereocenters. The Morgan fingerprint density at radius 1 is 1.25 bits per heavy atom. The molecule has 0 aliphatic rings. The van der Waals surface area contributed by atoms with E-state index in [1.807, 2.05) is 0 Å². The van der Waals surface area contributed by atoms with Crippen LogP contribution in [-0.2, 0) is 0 Å². The Bertz CT molecular complexity index is 3.25. The van der Waals surface area contributed by atoms with Crippen molar-refractivity contribution in [3.63, 3.8) is 0 Å². The Hall–Kier alpha value is 4.00. The number of halogens is 3. The standard InChI is InChI=1S/I3.Rb/c1-3-2;/q-1;+1. The van der Waals surface area contributed by atoms with Crippen LogP contribution in [0.1, 0.15) is 0 Å². The molecule has 0 unspecified atom stereocenters. The molecular weight excluding hydrogens is 466 g/mol. The molecule has 0 radical (unpaired) electrons. The minimum absolute atomic E-state index is 0. The van der Waals surface area contributed by atoms with Crippen molar-refractivity contribution in [1.82, 2.24) is 0 Å². The summed E-state index contributed by atoms with van der Waals surface area (Å²) in [6.07, 6.45) is 0. The fraction of sp³-hybridized carbons (Fsp3) is 0. The molecule has 0 nitrogen and oxygen atoms in total. The zero-order valence-corrected chi connectivity index (χ0v) is 13.5. The molecule has 0 aliphatic heterocycles. The molecule has 0 amide bonds. The number of rotatable bonds is 0. The van der Waals surface area contributed by atoms with Gasteiger partial charge in [0, 0.05) is 0 Å². The molecule has 0 aromatic carbocycles. The summed E-state index contributed by atoms with van der Waals surface area (Å²) in [6, 6.07) is 0. The smallest absolute Gasteiger partial charge is 1.00 e. The maximum absolute atomic E-state index is 2.39. The van der Waals surface area contributed by atoms with Gasteiger partial charge in [-0.1, -0.05) is 0 Å². The van der Waals surface area contributed by atoms with E-state index in [-0.39, 0.29) is 58.2 Å². The van der Waals surface area contributed by atoms with Gasteiger partial charge in [-0.2, -0.15) is 0 Å². The second kappa shape index (κ2) is 10.1. The van der Waals surface area contributed by atoms with Gasteiger partial charge in [-0.3, -0.25) is 0 Å². The molecule has 0 rings (SSSR count). The van der Waals surface area contributed by atoms with Crippen LogP contribution < -0.4 is 71.4 Å². The van der Waals surface area contributed by atoms with E-state index in [0.717, 1.165) is 0 Å². The molecule has 0 bridgehead atoms. The molecule has 22 valence electrons. The van der Waals surface area contributed by atoms with Gasteiger partial charge >= 0.3 is 109 Å². The van der Waals surface area contributed by atoms with Crippen molar-refractivity contribution in [1.29, 1.82) is 0 Å². The maximum atomic E-state index is 2.39. The van der Waals surface area contributed by atoms with Gasteiger partial charge in [0.05, 0.1) is 0 Å². The average Bonchev–Trinajstić information content (AvgIpc) is 0.918. The second-order valence-corrected chi connectivity index (χ2v) is 16.3. The molecule has 0 fully saturated rings. The Labute approximate surface area is 105 Å². The van der Waals surface area contributed by atoms with Gasteiger partial charge in [0.15, 0.2) is 0 Å². The topological polar surface area (TPSA) is 0 Å². The fourth-order valence-electron chi connectivity index (χ4n) is 0. The molecule has 0 aromatic heterocycles. The molecule has 0 N–H and O–H groups in total. The van der Waals surface area contributed by atoms with Crippen LogP contribution in [0.4, 0.5) is 0 Å². The molecule has 0 aromatic rings. The Morgan fingerprint density at radius 2 is 1.25 bits per heavy atom. The number of hydrogen-bond donors (Lipinski definition) is 0. The summed E-state index contributed by atoms with van der Waals surface area (Å²) in [5.74, 6) is 0. The van der Waals surface area contributed by atoms with Crippen molar-refractivity contribution < 1.29 is 71.4 Å². The molecular formula is I3Rb. The fourth-order valence-corrected chi connectivity index (χ4v) is 0. The first-order chi connectivity index (χ1) is 1.41. The Kier molecular flexibility index (Phi) is 27.4. The van der Waals surface area contributed by atoms with E-state index >= 15 is 0 Å². The summed E-state index contributed by atoms with van der Waals surface area (Å²) in [4.78, 5) is 0. The molecule has 0 saturated carbocycles. The zero-order valence-electron chi connectivity index (χ0n) is 2.13. The Balaban J connectivity index is 0. The molecule has 0 saturated heterocycles. The summed E-state index contributed by atoms with van der Waals surface area (Å²) < 4.78 is 0. The van der Waals surface area contributed by atoms with Gasteiger partial charge in [0.2, 0.25) is 0 Å². The summed E-state index contributed by atoms with van der Waals surface area (Å²) in [7, 11) is 0.